The summed E-state index contributed by atoms with van der Waals surface area (Å²) in [6, 6.07) is 17.4. The van der Waals surface area contributed by atoms with Crippen molar-refractivity contribution in [3.8, 4) is 22.8 Å². The lowest BCUT2D eigenvalue weighted by molar-refractivity contribution is -0.125. The zero-order chi connectivity index (χ0) is 25.1. The fourth-order valence-corrected chi connectivity index (χ4v) is 4.37. The predicted molar refractivity (Wildman–Crippen MR) is 140 cm³/mol. The number of benzene rings is 2. The van der Waals surface area contributed by atoms with Crippen molar-refractivity contribution in [2.24, 2.45) is 0 Å². The summed E-state index contributed by atoms with van der Waals surface area (Å²) in [5, 5.41) is 5.64. The summed E-state index contributed by atoms with van der Waals surface area (Å²) in [5.74, 6) is 1.89. The molecule has 3 heterocycles. The first-order chi connectivity index (χ1) is 17.5. The summed E-state index contributed by atoms with van der Waals surface area (Å²) in [6.45, 7) is 1.95. The van der Waals surface area contributed by atoms with E-state index in [4.69, 9.17) is 15.6 Å². The number of nitrogen functional groups attached to an aromatic ring is 1. The third-order valence-electron chi connectivity index (χ3n) is 6.18. The number of para-hydroxylation sites is 1. The van der Waals surface area contributed by atoms with E-state index in [9.17, 15) is 4.79 Å². The Hall–Kier alpha value is -4.24. The quantitative estimate of drug-likeness (QED) is 0.399. The van der Waals surface area contributed by atoms with Crippen LogP contribution in [0.2, 0.25) is 0 Å². The van der Waals surface area contributed by atoms with Crippen molar-refractivity contribution in [1.29, 1.82) is 0 Å². The van der Waals surface area contributed by atoms with Crippen LogP contribution in [0.25, 0.3) is 22.3 Å². The SMILES string of the molecule is CN(C)C/C=C/C(=O)N1CCC(n2nc(-c3ccc(Oc4ccccc4)cc3)c3c(N)ncnc32)C1. The Balaban J connectivity index is 1.40. The predicted octanol–water partition coefficient (Wildman–Crippen LogP) is 3.76. The van der Waals surface area contributed by atoms with Gasteiger partial charge in [-0.25, -0.2) is 14.6 Å². The molecule has 2 aromatic carbocycles. The van der Waals surface area contributed by atoms with Crippen LogP contribution in [0.15, 0.2) is 73.1 Å². The number of amides is 1. The summed E-state index contributed by atoms with van der Waals surface area (Å²) in [6.07, 6.45) is 5.78. The molecule has 0 spiro atoms. The molecule has 1 saturated heterocycles. The van der Waals surface area contributed by atoms with Crippen molar-refractivity contribution >= 4 is 22.8 Å². The van der Waals surface area contributed by atoms with Crippen LogP contribution < -0.4 is 10.5 Å². The van der Waals surface area contributed by atoms with Crippen LogP contribution in [0.1, 0.15) is 12.5 Å². The van der Waals surface area contributed by atoms with Gasteiger partial charge in [0, 0.05) is 31.3 Å². The maximum absolute atomic E-state index is 12.6. The van der Waals surface area contributed by atoms with Gasteiger partial charge in [-0.15, -0.1) is 0 Å². The van der Waals surface area contributed by atoms with Crippen LogP contribution in [0.5, 0.6) is 11.5 Å². The van der Waals surface area contributed by atoms with Gasteiger partial charge in [-0.05, 0) is 56.9 Å². The minimum atomic E-state index is 0.00226. The topological polar surface area (TPSA) is 102 Å². The van der Waals surface area contributed by atoms with Crippen LogP contribution in [0.3, 0.4) is 0 Å². The molecule has 0 aliphatic carbocycles. The third-order valence-corrected chi connectivity index (χ3v) is 6.18. The highest BCUT2D eigenvalue weighted by Gasteiger charge is 2.30. The van der Waals surface area contributed by atoms with Gasteiger partial charge < -0.3 is 20.3 Å². The van der Waals surface area contributed by atoms with Gasteiger partial charge in [-0.1, -0.05) is 24.3 Å². The Labute approximate surface area is 209 Å². The Morgan fingerprint density at radius 3 is 2.61 bits per heavy atom. The third kappa shape index (κ3) is 4.92. The molecule has 1 aliphatic rings. The average Bonchev–Trinajstić information content (AvgIpc) is 3.51. The smallest absolute Gasteiger partial charge is 0.246 e. The molecule has 0 bridgehead atoms. The summed E-state index contributed by atoms with van der Waals surface area (Å²) in [5.41, 5.74) is 8.56. The molecule has 0 saturated carbocycles. The van der Waals surface area contributed by atoms with Gasteiger partial charge in [-0.3, -0.25) is 4.79 Å². The molecule has 4 aromatic rings. The summed E-state index contributed by atoms with van der Waals surface area (Å²) in [4.78, 5) is 25.2. The largest absolute Gasteiger partial charge is 0.457 e. The number of anilines is 1. The molecule has 2 N–H and O–H groups in total. The first-order valence-corrected chi connectivity index (χ1v) is 11.9. The number of carbonyl (C=O) groups excluding carboxylic acids is 1. The zero-order valence-corrected chi connectivity index (χ0v) is 20.4. The zero-order valence-electron chi connectivity index (χ0n) is 20.4. The van der Waals surface area contributed by atoms with E-state index < -0.39 is 0 Å². The van der Waals surface area contributed by atoms with Crippen LogP contribution in [-0.4, -0.2) is 69.2 Å². The van der Waals surface area contributed by atoms with E-state index >= 15 is 0 Å². The van der Waals surface area contributed by atoms with Crippen molar-refractivity contribution in [3.05, 3.63) is 73.1 Å². The van der Waals surface area contributed by atoms with Gasteiger partial charge in [-0.2, -0.15) is 5.10 Å². The van der Waals surface area contributed by atoms with Gasteiger partial charge in [0.15, 0.2) is 5.65 Å². The highest BCUT2D eigenvalue weighted by molar-refractivity contribution is 5.98. The van der Waals surface area contributed by atoms with Gasteiger partial charge in [0.2, 0.25) is 5.91 Å². The first-order valence-electron chi connectivity index (χ1n) is 11.9. The molecule has 9 heteroatoms. The van der Waals surface area contributed by atoms with Gasteiger partial charge >= 0.3 is 0 Å². The molecule has 1 aliphatic heterocycles. The molecule has 0 radical (unpaired) electrons. The summed E-state index contributed by atoms with van der Waals surface area (Å²) >= 11 is 0. The fraction of sp³-hybridized carbons (Fsp3) is 0.259. The van der Waals surface area contributed by atoms with E-state index in [-0.39, 0.29) is 11.9 Å². The van der Waals surface area contributed by atoms with E-state index in [0.29, 0.717) is 35.6 Å². The Kier molecular flexibility index (Phi) is 6.64. The number of fused-ring (bicyclic) bond motifs is 1. The second kappa shape index (κ2) is 10.2. The van der Waals surface area contributed by atoms with Crippen molar-refractivity contribution in [3.63, 3.8) is 0 Å². The summed E-state index contributed by atoms with van der Waals surface area (Å²) in [7, 11) is 3.94. The molecular weight excluding hydrogens is 454 g/mol. The minimum Gasteiger partial charge on any atom is -0.457 e. The molecular formula is C27H29N7O2. The highest BCUT2D eigenvalue weighted by Crippen LogP contribution is 2.35. The Morgan fingerprint density at radius 1 is 1.11 bits per heavy atom. The second-order valence-electron chi connectivity index (χ2n) is 9.08. The monoisotopic (exact) mass is 483 g/mol. The van der Waals surface area contributed by atoms with Crippen LogP contribution in [-0.2, 0) is 4.79 Å². The minimum absolute atomic E-state index is 0.00226. The Bertz CT molecular complexity index is 1380. The van der Waals surface area contributed by atoms with E-state index in [2.05, 4.69) is 9.97 Å². The number of nitrogens with two attached hydrogens (primary N) is 1. The average molecular weight is 484 g/mol. The van der Waals surface area contributed by atoms with Crippen molar-refractivity contribution < 1.29 is 9.53 Å². The van der Waals surface area contributed by atoms with Crippen LogP contribution in [0.4, 0.5) is 5.82 Å². The van der Waals surface area contributed by atoms with E-state index in [1.54, 1.807) is 6.08 Å². The van der Waals surface area contributed by atoms with Crippen molar-refractivity contribution in [2.75, 3.05) is 39.5 Å². The molecule has 184 valence electrons. The molecule has 9 nitrogen and oxygen atoms in total. The maximum atomic E-state index is 12.6. The number of aromatic nitrogens is 4. The standard InChI is InChI=1S/C27H29N7O2/c1-32(2)15-6-9-23(35)33-16-14-20(17-33)34-27-24(26(28)29-18-30-27)25(31-34)19-10-12-22(13-11-19)36-21-7-4-3-5-8-21/h3-13,18,20H,14-17H2,1-2H3,(H2,28,29,30)/b9-6+. The van der Waals surface area contributed by atoms with E-state index in [1.165, 1.54) is 6.33 Å². The van der Waals surface area contributed by atoms with Crippen LogP contribution >= 0.6 is 0 Å². The number of hydrogen-bond donors (Lipinski definition) is 1. The second-order valence-corrected chi connectivity index (χ2v) is 9.08. The van der Waals surface area contributed by atoms with Crippen LogP contribution in [0, 0.1) is 0 Å². The number of nitrogens with zero attached hydrogens (tertiary/aromatic N) is 6. The number of rotatable bonds is 7. The molecule has 1 amide bonds. The lowest BCUT2D eigenvalue weighted by Gasteiger charge is -2.15. The number of likely N-dealkylation sites (tertiary alicyclic amines) is 1. The van der Waals surface area contributed by atoms with Gasteiger partial charge in [0.1, 0.15) is 29.3 Å². The number of carbonyl (C=O) groups is 1. The van der Waals surface area contributed by atoms with Gasteiger partial charge in [0.25, 0.3) is 0 Å². The molecule has 2 aromatic heterocycles. The van der Waals surface area contributed by atoms with E-state index in [1.807, 2.05) is 89.3 Å². The maximum Gasteiger partial charge on any atom is 0.246 e. The normalized spacial score (nSPS) is 15.9. The number of ether oxygens (including phenoxy) is 1. The van der Waals surface area contributed by atoms with Crippen molar-refractivity contribution in [2.45, 2.75) is 12.5 Å². The molecule has 1 unspecified atom stereocenters. The lowest BCUT2D eigenvalue weighted by Crippen LogP contribution is -2.28. The number of hydrogen-bond acceptors (Lipinski definition) is 7. The molecule has 36 heavy (non-hydrogen) atoms. The highest BCUT2D eigenvalue weighted by atomic mass is 16.5. The van der Waals surface area contributed by atoms with Gasteiger partial charge in [0.05, 0.1) is 11.4 Å². The Morgan fingerprint density at radius 2 is 1.86 bits per heavy atom. The van der Waals surface area contributed by atoms with Crippen molar-refractivity contribution in [1.82, 2.24) is 29.5 Å². The molecule has 5 rings (SSSR count). The fourth-order valence-electron chi connectivity index (χ4n) is 4.37. The summed E-state index contributed by atoms with van der Waals surface area (Å²) < 4.78 is 7.82. The number of likely N-dealkylation sites (N-methyl/N-ethyl adjacent to an activating group) is 1. The molecule has 1 atom stereocenters. The van der Waals surface area contributed by atoms with E-state index in [0.717, 1.165) is 30.0 Å². The first kappa shape index (κ1) is 23.5. The lowest BCUT2D eigenvalue weighted by atomic mass is 10.1. The molecule has 1 fully saturated rings.